The molecular weight excluding hydrogens is 308 g/mol. The summed E-state index contributed by atoms with van der Waals surface area (Å²) in [5.74, 6) is 1.45. The lowest BCUT2D eigenvalue weighted by atomic mass is 10.1. The van der Waals surface area contributed by atoms with Crippen LogP contribution in [0.1, 0.15) is 26.3 Å². The lowest BCUT2D eigenvalue weighted by Crippen LogP contribution is -2.44. The lowest BCUT2D eigenvalue weighted by Gasteiger charge is -2.30. The molecule has 3 N–H and O–H groups in total. The smallest absolute Gasteiger partial charge is 0.194 e. The summed E-state index contributed by atoms with van der Waals surface area (Å²) >= 11 is 1.82. The highest BCUT2D eigenvalue weighted by Gasteiger charge is 2.16. The molecule has 1 aromatic rings. The van der Waals surface area contributed by atoms with E-state index in [4.69, 9.17) is 10.5 Å². The molecule has 1 heterocycles. The number of anilines is 1. The highest BCUT2D eigenvalue weighted by Crippen LogP contribution is 2.31. The fourth-order valence-electron chi connectivity index (χ4n) is 2.52. The normalized spacial score (nSPS) is 16.5. The van der Waals surface area contributed by atoms with Crippen molar-refractivity contribution in [3.8, 4) is 0 Å². The van der Waals surface area contributed by atoms with Gasteiger partial charge in [0, 0.05) is 24.4 Å². The van der Waals surface area contributed by atoms with Gasteiger partial charge in [0.05, 0.1) is 24.6 Å². The van der Waals surface area contributed by atoms with Gasteiger partial charge in [-0.15, -0.1) is 0 Å². The van der Waals surface area contributed by atoms with Crippen molar-refractivity contribution >= 4 is 29.1 Å². The van der Waals surface area contributed by atoms with Crippen LogP contribution in [0.2, 0.25) is 0 Å². The second kappa shape index (κ2) is 7.93. The molecule has 5 nitrogen and oxygen atoms in total. The van der Waals surface area contributed by atoms with Gasteiger partial charge < -0.3 is 20.7 Å². The van der Waals surface area contributed by atoms with Crippen molar-refractivity contribution < 1.29 is 4.74 Å². The maximum absolute atomic E-state index is 6.08. The second-order valence-electron chi connectivity index (χ2n) is 6.73. The fraction of sp³-hybridized carbons (Fsp3) is 0.588. The maximum atomic E-state index is 6.08. The predicted molar refractivity (Wildman–Crippen MR) is 101 cm³/mol. The van der Waals surface area contributed by atoms with E-state index in [2.05, 4.69) is 60.4 Å². The minimum atomic E-state index is -0.106. The van der Waals surface area contributed by atoms with Crippen LogP contribution in [0.4, 0.5) is 11.4 Å². The van der Waals surface area contributed by atoms with Crippen LogP contribution >= 0.6 is 11.8 Å². The number of nitrogens with two attached hydrogens (primary N) is 1. The number of benzene rings is 1. The van der Waals surface area contributed by atoms with Gasteiger partial charge in [0.2, 0.25) is 0 Å². The Labute approximate surface area is 143 Å². The number of ether oxygens (including phenoxy) is 1. The van der Waals surface area contributed by atoms with Crippen molar-refractivity contribution in [1.82, 2.24) is 5.32 Å². The number of guanidine groups is 1. The third-order valence-electron chi connectivity index (χ3n) is 3.45. The molecule has 23 heavy (non-hydrogen) atoms. The quantitative estimate of drug-likeness (QED) is 0.654. The first-order chi connectivity index (χ1) is 10.9. The summed E-state index contributed by atoms with van der Waals surface area (Å²) in [5, 5.41) is 3.22. The average Bonchev–Trinajstić information content (AvgIpc) is 2.48. The van der Waals surface area contributed by atoms with E-state index in [1.54, 1.807) is 0 Å². The zero-order valence-corrected chi connectivity index (χ0v) is 15.4. The van der Waals surface area contributed by atoms with E-state index in [9.17, 15) is 0 Å². The van der Waals surface area contributed by atoms with Crippen LogP contribution in [0.15, 0.2) is 23.2 Å². The topological polar surface area (TPSA) is 62.9 Å². The molecule has 2 rings (SSSR count). The third kappa shape index (κ3) is 5.62. The number of rotatable bonds is 4. The Morgan fingerprint density at radius 1 is 1.35 bits per heavy atom. The van der Waals surface area contributed by atoms with E-state index < -0.39 is 0 Å². The van der Waals surface area contributed by atoms with Crippen LogP contribution < -0.4 is 16.0 Å². The zero-order valence-electron chi connectivity index (χ0n) is 14.6. The summed E-state index contributed by atoms with van der Waals surface area (Å²) in [6.07, 6.45) is 2.12. The summed E-state index contributed by atoms with van der Waals surface area (Å²) in [5.41, 5.74) is 9.32. The first-order valence-electron chi connectivity index (χ1n) is 7.96. The molecular formula is C17H28N4OS. The molecule has 0 amide bonds. The van der Waals surface area contributed by atoms with E-state index in [1.165, 1.54) is 5.56 Å². The molecule has 0 unspecified atom stereocenters. The zero-order chi connectivity index (χ0) is 16.9. The standard InChI is InChI=1S/C17H28N4OS/c1-17(2,3)20-16(18)19-14-6-5-13(12-23-4)11-15(14)21-7-9-22-10-8-21/h5-6,11H,7-10,12H2,1-4H3,(H3,18,19,20). The van der Waals surface area contributed by atoms with Crippen molar-refractivity contribution in [2.24, 2.45) is 10.7 Å². The predicted octanol–water partition coefficient (Wildman–Crippen LogP) is 2.72. The van der Waals surface area contributed by atoms with Gasteiger partial charge in [-0.2, -0.15) is 11.8 Å². The largest absolute Gasteiger partial charge is 0.378 e. The number of hydrogen-bond donors (Lipinski definition) is 2. The van der Waals surface area contributed by atoms with E-state index in [0.29, 0.717) is 5.96 Å². The molecule has 0 radical (unpaired) electrons. The van der Waals surface area contributed by atoms with E-state index in [-0.39, 0.29) is 5.54 Å². The first kappa shape index (κ1) is 17.9. The minimum Gasteiger partial charge on any atom is -0.378 e. The Hall–Kier alpha value is -1.40. The van der Waals surface area contributed by atoms with Gasteiger partial charge >= 0.3 is 0 Å². The van der Waals surface area contributed by atoms with Crippen LogP contribution in [0, 0.1) is 0 Å². The van der Waals surface area contributed by atoms with E-state index in [1.807, 2.05) is 11.8 Å². The Kier molecular flexibility index (Phi) is 6.18. The van der Waals surface area contributed by atoms with Crippen LogP contribution in [0.3, 0.4) is 0 Å². The van der Waals surface area contributed by atoms with Crippen molar-refractivity contribution in [1.29, 1.82) is 0 Å². The van der Waals surface area contributed by atoms with Gasteiger partial charge in [0.25, 0.3) is 0 Å². The molecule has 0 atom stereocenters. The second-order valence-corrected chi connectivity index (χ2v) is 7.59. The van der Waals surface area contributed by atoms with Gasteiger partial charge in [-0.05, 0) is 44.7 Å². The van der Waals surface area contributed by atoms with Gasteiger partial charge in [-0.25, -0.2) is 4.99 Å². The third-order valence-corrected chi connectivity index (χ3v) is 4.07. The molecule has 6 heteroatoms. The summed E-state index contributed by atoms with van der Waals surface area (Å²) in [4.78, 5) is 6.94. The summed E-state index contributed by atoms with van der Waals surface area (Å²) in [7, 11) is 0. The Morgan fingerprint density at radius 3 is 2.65 bits per heavy atom. The molecule has 0 saturated carbocycles. The Morgan fingerprint density at radius 2 is 2.04 bits per heavy atom. The van der Waals surface area contributed by atoms with Crippen molar-refractivity contribution in [2.75, 3.05) is 37.5 Å². The summed E-state index contributed by atoms with van der Waals surface area (Å²) in [6, 6.07) is 6.42. The number of thioether (sulfide) groups is 1. The van der Waals surface area contributed by atoms with Gasteiger partial charge in [-0.3, -0.25) is 0 Å². The number of hydrogen-bond acceptors (Lipinski definition) is 4. The molecule has 128 valence electrons. The van der Waals surface area contributed by atoms with Crippen molar-refractivity contribution in [2.45, 2.75) is 32.1 Å². The van der Waals surface area contributed by atoms with Crippen LogP contribution in [-0.2, 0) is 10.5 Å². The van der Waals surface area contributed by atoms with Crippen molar-refractivity contribution in [3.05, 3.63) is 23.8 Å². The fourth-order valence-corrected chi connectivity index (χ4v) is 3.03. The van der Waals surface area contributed by atoms with Crippen molar-refractivity contribution in [3.63, 3.8) is 0 Å². The molecule has 1 saturated heterocycles. The number of nitrogens with one attached hydrogen (secondary N) is 1. The Balaban J connectivity index is 2.31. The van der Waals surface area contributed by atoms with Gasteiger partial charge in [0.15, 0.2) is 5.96 Å². The molecule has 0 aromatic heterocycles. The Bertz CT molecular complexity index is 548. The van der Waals surface area contributed by atoms with E-state index >= 15 is 0 Å². The van der Waals surface area contributed by atoms with Crippen LogP contribution in [-0.4, -0.2) is 44.1 Å². The maximum Gasteiger partial charge on any atom is 0.194 e. The van der Waals surface area contributed by atoms with Gasteiger partial charge in [-0.1, -0.05) is 6.07 Å². The molecule has 1 aliphatic rings. The molecule has 1 aromatic carbocycles. The first-order valence-corrected chi connectivity index (χ1v) is 9.35. The minimum absolute atomic E-state index is 0.106. The van der Waals surface area contributed by atoms with Crippen LogP contribution in [0.25, 0.3) is 0 Å². The lowest BCUT2D eigenvalue weighted by molar-refractivity contribution is 0.123. The molecule has 0 spiro atoms. The molecule has 1 aliphatic heterocycles. The highest BCUT2D eigenvalue weighted by molar-refractivity contribution is 7.97. The molecule has 0 aliphatic carbocycles. The summed E-state index contributed by atoms with van der Waals surface area (Å²) < 4.78 is 5.47. The monoisotopic (exact) mass is 336 g/mol. The number of nitrogens with zero attached hydrogens (tertiary/aromatic N) is 2. The van der Waals surface area contributed by atoms with Gasteiger partial charge in [0.1, 0.15) is 0 Å². The van der Waals surface area contributed by atoms with E-state index in [0.717, 1.165) is 43.4 Å². The average molecular weight is 337 g/mol. The molecule has 1 fully saturated rings. The molecule has 0 bridgehead atoms. The SMILES string of the molecule is CSCc1ccc(N=C(N)NC(C)(C)C)c(N2CCOCC2)c1. The van der Waals surface area contributed by atoms with Crippen LogP contribution in [0.5, 0.6) is 0 Å². The highest BCUT2D eigenvalue weighted by atomic mass is 32.2. The number of aliphatic imine (C=N–C) groups is 1. The summed E-state index contributed by atoms with van der Waals surface area (Å²) in [6.45, 7) is 9.49. The number of morpholine rings is 1.